The number of carbonyl (C=O) groups excluding carboxylic acids is 1. The predicted octanol–water partition coefficient (Wildman–Crippen LogP) is 2.40. The van der Waals surface area contributed by atoms with Gasteiger partial charge in [0.25, 0.3) is 0 Å². The van der Waals surface area contributed by atoms with E-state index in [4.69, 9.17) is 4.98 Å². The number of hydrogen-bond donors (Lipinski definition) is 1. The summed E-state index contributed by atoms with van der Waals surface area (Å²) in [4.78, 5) is 23.4. The second kappa shape index (κ2) is 5.99. The van der Waals surface area contributed by atoms with Gasteiger partial charge in [0.05, 0.1) is 12.2 Å². The second-order valence-electron chi connectivity index (χ2n) is 8.62. The Morgan fingerprint density at radius 2 is 2.00 bits per heavy atom. The number of carbonyl (C=O) groups is 1. The molecule has 0 aromatic carbocycles. The molecule has 0 radical (unpaired) electrons. The molecule has 4 heterocycles. The van der Waals surface area contributed by atoms with Crippen molar-refractivity contribution in [3.63, 3.8) is 0 Å². The van der Waals surface area contributed by atoms with Gasteiger partial charge in [0, 0.05) is 49.4 Å². The molecule has 0 spiro atoms. The summed E-state index contributed by atoms with van der Waals surface area (Å²) in [6, 6.07) is 1.21. The van der Waals surface area contributed by atoms with Crippen LogP contribution in [0.25, 0.3) is 0 Å². The Hall–Kier alpha value is -1.14. The van der Waals surface area contributed by atoms with Crippen LogP contribution in [0.4, 0.5) is 5.13 Å². The Morgan fingerprint density at radius 1 is 1.29 bits per heavy atom. The summed E-state index contributed by atoms with van der Waals surface area (Å²) in [7, 11) is 0. The number of amides is 1. The number of hydrogen-bond acceptors (Lipinski definition) is 5. The highest BCUT2D eigenvalue weighted by Gasteiger charge is 2.39. The summed E-state index contributed by atoms with van der Waals surface area (Å²) < 4.78 is 0. The van der Waals surface area contributed by atoms with Crippen LogP contribution in [0.5, 0.6) is 0 Å². The number of anilines is 1. The molecule has 2 atom stereocenters. The van der Waals surface area contributed by atoms with Crippen molar-refractivity contribution < 1.29 is 4.79 Å². The molecule has 3 aliphatic rings. The van der Waals surface area contributed by atoms with Gasteiger partial charge in [0.2, 0.25) is 5.91 Å². The number of aromatic nitrogens is 1. The topological polar surface area (TPSA) is 48.5 Å². The minimum atomic E-state index is 0.0518. The lowest BCUT2D eigenvalue weighted by Gasteiger charge is -2.35. The maximum atomic E-state index is 12.5. The lowest BCUT2D eigenvalue weighted by molar-refractivity contribution is -0.133. The van der Waals surface area contributed by atoms with Crippen molar-refractivity contribution in [3.05, 3.63) is 10.6 Å². The summed E-state index contributed by atoms with van der Waals surface area (Å²) in [6.45, 7) is 10.1. The van der Waals surface area contributed by atoms with E-state index in [0.29, 0.717) is 18.5 Å². The number of nitrogens with one attached hydrogen (secondary N) is 1. The quantitative estimate of drug-likeness (QED) is 0.892. The molecule has 5 nitrogen and oxygen atoms in total. The van der Waals surface area contributed by atoms with E-state index in [1.54, 1.807) is 0 Å². The Balaban J connectivity index is 1.49. The average Bonchev–Trinajstić information content (AvgIpc) is 3.02. The molecule has 2 saturated heterocycles. The van der Waals surface area contributed by atoms with Crippen LogP contribution in [0.2, 0.25) is 0 Å². The fourth-order valence-corrected chi connectivity index (χ4v) is 5.43. The van der Waals surface area contributed by atoms with Crippen molar-refractivity contribution >= 4 is 22.4 Å². The summed E-state index contributed by atoms with van der Waals surface area (Å²) in [5.41, 5.74) is 1.28. The van der Waals surface area contributed by atoms with Gasteiger partial charge < -0.3 is 15.1 Å². The van der Waals surface area contributed by atoms with Crippen LogP contribution in [-0.4, -0.2) is 47.5 Å². The van der Waals surface area contributed by atoms with Crippen LogP contribution in [0.3, 0.4) is 0 Å². The van der Waals surface area contributed by atoms with Crippen molar-refractivity contribution in [2.45, 2.75) is 65.1 Å². The highest BCUT2D eigenvalue weighted by atomic mass is 32.1. The van der Waals surface area contributed by atoms with Crippen LogP contribution in [0.15, 0.2) is 0 Å². The zero-order valence-corrected chi connectivity index (χ0v) is 15.8. The third-order valence-corrected chi connectivity index (χ3v) is 6.45. The van der Waals surface area contributed by atoms with E-state index in [1.807, 2.05) is 16.2 Å². The summed E-state index contributed by atoms with van der Waals surface area (Å²) >= 11 is 1.82. The van der Waals surface area contributed by atoms with Crippen molar-refractivity contribution in [2.24, 2.45) is 5.41 Å². The first-order valence-corrected chi connectivity index (χ1v) is 9.98. The largest absolute Gasteiger partial charge is 0.340 e. The van der Waals surface area contributed by atoms with Gasteiger partial charge in [-0.2, -0.15) is 0 Å². The summed E-state index contributed by atoms with van der Waals surface area (Å²) in [6.07, 6.45) is 4.08. The zero-order chi connectivity index (χ0) is 16.9. The van der Waals surface area contributed by atoms with Crippen molar-refractivity contribution in [2.75, 3.05) is 24.5 Å². The van der Waals surface area contributed by atoms with Gasteiger partial charge in [-0.25, -0.2) is 4.98 Å². The SMILES string of the molecule is CC(C)(C)CC(=O)N1CCc2nc(N3C4CCC3CNC4)sc2C1. The smallest absolute Gasteiger partial charge is 0.223 e. The lowest BCUT2D eigenvalue weighted by Crippen LogP contribution is -2.51. The third kappa shape index (κ3) is 3.06. The van der Waals surface area contributed by atoms with E-state index in [1.165, 1.54) is 28.5 Å². The third-order valence-electron chi connectivity index (χ3n) is 5.35. The molecule has 0 aliphatic carbocycles. The molecule has 24 heavy (non-hydrogen) atoms. The normalized spacial score (nSPS) is 26.6. The molecule has 1 aromatic heterocycles. The zero-order valence-electron chi connectivity index (χ0n) is 15.0. The molecule has 1 amide bonds. The molecule has 6 heteroatoms. The molecule has 0 saturated carbocycles. The van der Waals surface area contributed by atoms with Gasteiger partial charge in [-0.05, 0) is 18.3 Å². The summed E-state index contributed by atoms with van der Waals surface area (Å²) in [5.74, 6) is 0.283. The summed E-state index contributed by atoms with van der Waals surface area (Å²) in [5, 5.41) is 4.73. The molecule has 3 aliphatic heterocycles. The fraction of sp³-hybridized carbons (Fsp3) is 0.778. The van der Waals surface area contributed by atoms with Crippen LogP contribution >= 0.6 is 11.3 Å². The molecule has 2 bridgehead atoms. The Labute approximate surface area is 148 Å². The Kier molecular flexibility index (Phi) is 4.07. The van der Waals surface area contributed by atoms with E-state index in [-0.39, 0.29) is 11.3 Å². The van der Waals surface area contributed by atoms with E-state index >= 15 is 0 Å². The van der Waals surface area contributed by atoms with Gasteiger partial charge in [-0.3, -0.25) is 4.79 Å². The lowest BCUT2D eigenvalue weighted by atomic mass is 9.91. The van der Waals surface area contributed by atoms with Crippen LogP contribution in [0.1, 0.15) is 50.6 Å². The Morgan fingerprint density at radius 3 is 2.67 bits per heavy atom. The highest BCUT2D eigenvalue weighted by Crippen LogP contribution is 2.38. The fourth-order valence-electron chi connectivity index (χ4n) is 4.16. The molecule has 132 valence electrons. The maximum absolute atomic E-state index is 12.5. The van der Waals surface area contributed by atoms with Gasteiger partial charge in [0.1, 0.15) is 0 Å². The van der Waals surface area contributed by atoms with Crippen molar-refractivity contribution in [1.82, 2.24) is 15.2 Å². The molecule has 4 rings (SSSR count). The van der Waals surface area contributed by atoms with Crippen LogP contribution in [-0.2, 0) is 17.8 Å². The van der Waals surface area contributed by atoms with Gasteiger partial charge in [-0.1, -0.05) is 32.1 Å². The van der Waals surface area contributed by atoms with Crippen LogP contribution < -0.4 is 10.2 Å². The molecule has 1 aromatic rings. The predicted molar refractivity (Wildman–Crippen MR) is 97.5 cm³/mol. The number of rotatable bonds is 2. The first-order valence-electron chi connectivity index (χ1n) is 9.16. The molecule has 2 fully saturated rings. The van der Waals surface area contributed by atoms with Crippen molar-refractivity contribution in [1.29, 1.82) is 0 Å². The monoisotopic (exact) mass is 348 g/mol. The standard InChI is InChI=1S/C18H28N4OS/c1-18(2,3)8-16(23)21-7-6-14-15(11-21)24-17(20-14)22-12-4-5-13(22)10-19-9-12/h12-13,19H,4-11H2,1-3H3. The average molecular weight is 349 g/mol. The number of nitrogens with zero attached hydrogens (tertiary/aromatic N) is 3. The van der Waals surface area contributed by atoms with E-state index < -0.39 is 0 Å². The van der Waals surface area contributed by atoms with E-state index in [2.05, 4.69) is 31.0 Å². The first-order chi connectivity index (χ1) is 11.4. The van der Waals surface area contributed by atoms with E-state index in [9.17, 15) is 4.79 Å². The molecular formula is C18H28N4OS. The minimum absolute atomic E-state index is 0.0518. The first kappa shape index (κ1) is 16.3. The molecule has 2 unspecified atom stereocenters. The Bertz CT molecular complexity index is 619. The van der Waals surface area contributed by atoms with Gasteiger partial charge >= 0.3 is 0 Å². The minimum Gasteiger partial charge on any atom is -0.340 e. The number of fused-ring (bicyclic) bond motifs is 3. The van der Waals surface area contributed by atoms with E-state index in [0.717, 1.165) is 32.6 Å². The van der Waals surface area contributed by atoms with Gasteiger partial charge in [0.15, 0.2) is 5.13 Å². The molecular weight excluding hydrogens is 320 g/mol. The van der Waals surface area contributed by atoms with Crippen LogP contribution in [0, 0.1) is 5.41 Å². The maximum Gasteiger partial charge on any atom is 0.223 e. The van der Waals surface area contributed by atoms with Crippen molar-refractivity contribution in [3.8, 4) is 0 Å². The number of thiazole rings is 1. The second-order valence-corrected chi connectivity index (χ2v) is 9.68. The number of piperazine rings is 1. The molecule has 1 N–H and O–H groups in total. The highest BCUT2D eigenvalue weighted by molar-refractivity contribution is 7.15. The van der Waals surface area contributed by atoms with Gasteiger partial charge in [-0.15, -0.1) is 0 Å².